The monoisotopic (exact) mass is 211 g/mol. The van der Waals surface area contributed by atoms with E-state index >= 15 is 0 Å². The fraction of sp³-hybridized carbons (Fsp3) is 0.636. The Morgan fingerprint density at radius 2 is 2.20 bits per heavy atom. The van der Waals surface area contributed by atoms with Crippen LogP contribution in [0.25, 0.3) is 0 Å². The summed E-state index contributed by atoms with van der Waals surface area (Å²) in [5.74, 6) is -1.04. The number of aliphatic carboxylic acids is 1. The lowest BCUT2D eigenvalue weighted by atomic mass is 10.1. The van der Waals surface area contributed by atoms with Gasteiger partial charge in [0.1, 0.15) is 0 Å². The number of allylic oxidation sites excluding steroid dienone is 1. The van der Waals surface area contributed by atoms with Gasteiger partial charge in [-0.05, 0) is 25.7 Å². The number of carbonyl (C=O) groups is 2. The van der Waals surface area contributed by atoms with Crippen LogP contribution in [0.3, 0.4) is 0 Å². The number of nitrogens with one attached hydrogen (secondary N) is 1. The van der Waals surface area contributed by atoms with Crippen LogP contribution in [0.15, 0.2) is 12.7 Å². The first-order chi connectivity index (χ1) is 7.13. The van der Waals surface area contributed by atoms with Gasteiger partial charge in [0.25, 0.3) is 0 Å². The predicted octanol–water partition coefficient (Wildman–Crippen LogP) is 1.32. The van der Waals surface area contributed by atoms with Crippen LogP contribution in [0.4, 0.5) is 0 Å². The number of rotatable bonds is 5. The van der Waals surface area contributed by atoms with Crippen LogP contribution in [-0.4, -0.2) is 23.0 Å². The quantitative estimate of drug-likeness (QED) is 0.674. The van der Waals surface area contributed by atoms with Gasteiger partial charge in [-0.3, -0.25) is 9.59 Å². The maximum Gasteiger partial charge on any atom is 0.306 e. The fourth-order valence-corrected chi connectivity index (χ4v) is 1.87. The lowest BCUT2D eigenvalue weighted by molar-refractivity contribution is -0.141. The van der Waals surface area contributed by atoms with E-state index in [-0.39, 0.29) is 17.9 Å². The molecule has 1 aliphatic carbocycles. The predicted molar refractivity (Wildman–Crippen MR) is 56.3 cm³/mol. The first kappa shape index (κ1) is 11.8. The van der Waals surface area contributed by atoms with E-state index in [1.165, 1.54) is 0 Å². The number of hydrogen-bond donors (Lipinski definition) is 2. The summed E-state index contributed by atoms with van der Waals surface area (Å²) < 4.78 is 0. The molecule has 0 heterocycles. The van der Waals surface area contributed by atoms with Gasteiger partial charge in [0, 0.05) is 12.5 Å². The molecule has 4 nitrogen and oxygen atoms in total. The van der Waals surface area contributed by atoms with Crippen molar-refractivity contribution in [2.45, 2.75) is 38.1 Å². The van der Waals surface area contributed by atoms with Gasteiger partial charge in [-0.1, -0.05) is 6.08 Å². The van der Waals surface area contributed by atoms with E-state index < -0.39 is 5.97 Å². The Labute approximate surface area is 89.4 Å². The van der Waals surface area contributed by atoms with Crippen molar-refractivity contribution in [1.82, 2.24) is 5.32 Å². The van der Waals surface area contributed by atoms with Gasteiger partial charge in [-0.15, -0.1) is 6.58 Å². The maximum absolute atomic E-state index is 11.3. The number of carboxylic acids is 1. The van der Waals surface area contributed by atoms with E-state index in [0.29, 0.717) is 25.7 Å². The molecule has 1 rings (SSSR count). The highest BCUT2D eigenvalue weighted by Gasteiger charge is 2.30. The molecule has 0 unspecified atom stereocenters. The highest BCUT2D eigenvalue weighted by molar-refractivity contribution is 5.76. The normalized spacial score (nSPS) is 24.8. The summed E-state index contributed by atoms with van der Waals surface area (Å²) in [5.41, 5.74) is 0. The van der Waals surface area contributed by atoms with E-state index in [4.69, 9.17) is 5.11 Å². The molecule has 0 aromatic carbocycles. The van der Waals surface area contributed by atoms with E-state index in [1.54, 1.807) is 6.08 Å². The molecule has 0 aliphatic heterocycles. The zero-order valence-electron chi connectivity index (χ0n) is 8.74. The largest absolute Gasteiger partial charge is 0.481 e. The van der Waals surface area contributed by atoms with Gasteiger partial charge in [0.15, 0.2) is 0 Å². The second-order valence-corrected chi connectivity index (χ2v) is 3.94. The Bertz CT molecular complexity index is 263. The topological polar surface area (TPSA) is 66.4 Å². The molecule has 2 N–H and O–H groups in total. The Morgan fingerprint density at radius 1 is 1.47 bits per heavy atom. The number of carboxylic acid groups (broad SMARTS) is 1. The first-order valence-corrected chi connectivity index (χ1v) is 5.26. The Kier molecular flexibility index (Phi) is 4.34. The van der Waals surface area contributed by atoms with Gasteiger partial charge in [-0.2, -0.15) is 0 Å². The average Bonchev–Trinajstić information content (AvgIpc) is 2.63. The van der Waals surface area contributed by atoms with E-state index in [9.17, 15) is 9.59 Å². The van der Waals surface area contributed by atoms with Crippen molar-refractivity contribution in [3.05, 3.63) is 12.7 Å². The summed E-state index contributed by atoms with van der Waals surface area (Å²) in [7, 11) is 0. The molecule has 1 aliphatic rings. The summed E-state index contributed by atoms with van der Waals surface area (Å²) in [5, 5.41) is 11.6. The molecular formula is C11H17NO3. The standard InChI is InChI=1S/C11H17NO3/c1-2-3-4-10(13)12-9-6-5-8(7-9)11(14)15/h2,8-9H,1,3-7H2,(H,12,13)(H,14,15)/t8-,9-/m1/s1. The van der Waals surface area contributed by atoms with Crippen LogP contribution in [0.5, 0.6) is 0 Å². The second-order valence-electron chi connectivity index (χ2n) is 3.94. The molecule has 0 aromatic heterocycles. The van der Waals surface area contributed by atoms with Crippen molar-refractivity contribution < 1.29 is 14.7 Å². The molecule has 0 radical (unpaired) electrons. The van der Waals surface area contributed by atoms with Crippen molar-refractivity contribution in [2.24, 2.45) is 5.92 Å². The highest BCUT2D eigenvalue weighted by atomic mass is 16.4. The summed E-state index contributed by atoms with van der Waals surface area (Å²) in [6.07, 6.45) is 4.82. The van der Waals surface area contributed by atoms with E-state index in [0.717, 1.165) is 6.42 Å². The van der Waals surface area contributed by atoms with Crippen LogP contribution in [0, 0.1) is 5.92 Å². The fourth-order valence-electron chi connectivity index (χ4n) is 1.87. The summed E-state index contributed by atoms with van der Waals surface area (Å²) >= 11 is 0. The van der Waals surface area contributed by atoms with Crippen LogP contribution < -0.4 is 5.32 Å². The van der Waals surface area contributed by atoms with Gasteiger partial charge >= 0.3 is 5.97 Å². The zero-order valence-corrected chi connectivity index (χ0v) is 8.74. The van der Waals surface area contributed by atoms with Crippen LogP contribution >= 0.6 is 0 Å². The van der Waals surface area contributed by atoms with Gasteiger partial charge in [-0.25, -0.2) is 0 Å². The molecule has 15 heavy (non-hydrogen) atoms. The third-order valence-corrected chi connectivity index (χ3v) is 2.72. The smallest absolute Gasteiger partial charge is 0.306 e. The molecule has 84 valence electrons. The second kappa shape index (κ2) is 5.53. The number of amides is 1. The third-order valence-electron chi connectivity index (χ3n) is 2.72. The van der Waals surface area contributed by atoms with Crippen LogP contribution in [0.1, 0.15) is 32.1 Å². The van der Waals surface area contributed by atoms with E-state index in [1.807, 2.05) is 0 Å². The Balaban J connectivity index is 2.26. The highest BCUT2D eigenvalue weighted by Crippen LogP contribution is 2.25. The summed E-state index contributed by atoms with van der Waals surface area (Å²) in [6.45, 7) is 3.54. The molecule has 1 saturated carbocycles. The van der Waals surface area contributed by atoms with Gasteiger partial charge < -0.3 is 10.4 Å². The first-order valence-electron chi connectivity index (χ1n) is 5.26. The number of carbonyl (C=O) groups excluding carboxylic acids is 1. The molecule has 0 spiro atoms. The van der Waals surface area contributed by atoms with Crippen molar-refractivity contribution in [3.8, 4) is 0 Å². The van der Waals surface area contributed by atoms with Crippen molar-refractivity contribution in [3.63, 3.8) is 0 Å². The summed E-state index contributed by atoms with van der Waals surface area (Å²) in [4.78, 5) is 22.0. The average molecular weight is 211 g/mol. The molecule has 2 atom stereocenters. The molecule has 0 saturated heterocycles. The third kappa shape index (κ3) is 3.73. The lowest BCUT2D eigenvalue weighted by Crippen LogP contribution is -2.33. The molecule has 1 amide bonds. The molecule has 0 bridgehead atoms. The minimum atomic E-state index is -0.752. The minimum Gasteiger partial charge on any atom is -0.481 e. The van der Waals surface area contributed by atoms with Crippen molar-refractivity contribution >= 4 is 11.9 Å². The minimum absolute atomic E-state index is 0.00839. The Morgan fingerprint density at radius 3 is 2.73 bits per heavy atom. The zero-order chi connectivity index (χ0) is 11.3. The lowest BCUT2D eigenvalue weighted by Gasteiger charge is -2.11. The molecule has 1 fully saturated rings. The Hall–Kier alpha value is -1.32. The van der Waals surface area contributed by atoms with Crippen LogP contribution in [-0.2, 0) is 9.59 Å². The van der Waals surface area contributed by atoms with Crippen molar-refractivity contribution in [1.29, 1.82) is 0 Å². The molecular weight excluding hydrogens is 194 g/mol. The van der Waals surface area contributed by atoms with E-state index in [2.05, 4.69) is 11.9 Å². The van der Waals surface area contributed by atoms with Crippen molar-refractivity contribution in [2.75, 3.05) is 0 Å². The molecule has 4 heteroatoms. The molecule has 0 aromatic rings. The number of hydrogen-bond acceptors (Lipinski definition) is 2. The van der Waals surface area contributed by atoms with Gasteiger partial charge in [0.2, 0.25) is 5.91 Å². The van der Waals surface area contributed by atoms with Gasteiger partial charge in [0.05, 0.1) is 5.92 Å². The SMILES string of the molecule is C=CCCC(=O)N[C@@H]1CC[C@@H](C(=O)O)C1. The summed E-state index contributed by atoms with van der Waals surface area (Å²) in [6, 6.07) is 0.0448. The maximum atomic E-state index is 11.3. The van der Waals surface area contributed by atoms with Crippen LogP contribution in [0.2, 0.25) is 0 Å².